The van der Waals surface area contributed by atoms with Crippen molar-refractivity contribution in [1.29, 1.82) is 0 Å². The van der Waals surface area contributed by atoms with Gasteiger partial charge < -0.3 is 14.4 Å². The standard InChI is InChI=1S/C21H26N2O5S/c1-16-8-9-19(27-2)20(14-16)29(25,26)22-15-17-10-12-23(13-11-17)21(24)28-18-6-4-3-5-7-18/h3-9,14,17,22H,10-13,15H2,1-2H3. The van der Waals surface area contributed by atoms with E-state index in [1.165, 1.54) is 7.11 Å². The summed E-state index contributed by atoms with van der Waals surface area (Å²) in [6, 6.07) is 14.0. The van der Waals surface area contributed by atoms with E-state index in [1.54, 1.807) is 29.2 Å². The predicted molar refractivity (Wildman–Crippen MR) is 110 cm³/mol. The van der Waals surface area contributed by atoms with Crippen molar-refractivity contribution < 1.29 is 22.7 Å². The van der Waals surface area contributed by atoms with Crippen LogP contribution in [0, 0.1) is 12.8 Å². The van der Waals surface area contributed by atoms with Gasteiger partial charge in [-0.2, -0.15) is 0 Å². The lowest BCUT2D eigenvalue weighted by atomic mass is 9.97. The van der Waals surface area contributed by atoms with E-state index in [9.17, 15) is 13.2 Å². The maximum atomic E-state index is 12.7. The molecule has 0 aliphatic carbocycles. The Morgan fingerprint density at radius 2 is 1.83 bits per heavy atom. The average molecular weight is 419 g/mol. The molecule has 29 heavy (non-hydrogen) atoms. The third-order valence-electron chi connectivity index (χ3n) is 4.99. The maximum Gasteiger partial charge on any atom is 0.415 e. The number of piperidine rings is 1. The Kier molecular flexibility index (Phi) is 6.76. The zero-order valence-electron chi connectivity index (χ0n) is 16.6. The summed E-state index contributed by atoms with van der Waals surface area (Å²) in [6.07, 6.45) is 1.04. The molecule has 0 bridgehead atoms. The number of nitrogens with one attached hydrogen (secondary N) is 1. The molecular formula is C21H26N2O5S. The van der Waals surface area contributed by atoms with Crippen LogP contribution in [0.25, 0.3) is 0 Å². The van der Waals surface area contributed by atoms with Gasteiger partial charge in [0.25, 0.3) is 0 Å². The molecule has 1 fully saturated rings. The fourth-order valence-corrected chi connectivity index (χ4v) is 4.64. The zero-order valence-corrected chi connectivity index (χ0v) is 17.4. The third-order valence-corrected chi connectivity index (χ3v) is 6.44. The molecule has 1 saturated heterocycles. The summed E-state index contributed by atoms with van der Waals surface area (Å²) < 4.78 is 38.7. The molecule has 0 aromatic heterocycles. The summed E-state index contributed by atoms with van der Waals surface area (Å²) >= 11 is 0. The highest BCUT2D eigenvalue weighted by Crippen LogP contribution is 2.25. The summed E-state index contributed by atoms with van der Waals surface area (Å²) in [5, 5.41) is 0. The molecule has 1 N–H and O–H groups in total. The molecule has 0 atom stereocenters. The molecule has 1 aliphatic heterocycles. The number of carbonyl (C=O) groups is 1. The topological polar surface area (TPSA) is 84.9 Å². The number of nitrogens with zero attached hydrogens (tertiary/aromatic N) is 1. The quantitative estimate of drug-likeness (QED) is 0.779. The second-order valence-electron chi connectivity index (χ2n) is 7.12. The number of ether oxygens (including phenoxy) is 2. The van der Waals surface area contributed by atoms with Gasteiger partial charge in [0.1, 0.15) is 16.4 Å². The lowest BCUT2D eigenvalue weighted by Gasteiger charge is -2.31. The summed E-state index contributed by atoms with van der Waals surface area (Å²) in [6.45, 7) is 3.22. The fraction of sp³-hybridized carbons (Fsp3) is 0.381. The molecule has 3 rings (SSSR count). The van der Waals surface area contributed by atoms with Crippen molar-refractivity contribution in [3.8, 4) is 11.5 Å². The molecule has 0 radical (unpaired) electrons. The highest BCUT2D eigenvalue weighted by molar-refractivity contribution is 7.89. The molecule has 1 amide bonds. The van der Waals surface area contributed by atoms with Crippen LogP contribution < -0.4 is 14.2 Å². The lowest BCUT2D eigenvalue weighted by molar-refractivity contribution is 0.131. The maximum absolute atomic E-state index is 12.7. The van der Waals surface area contributed by atoms with Crippen LogP contribution in [0.5, 0.6) is 11.5 Å². The van der Waals surface area contributed by atoms with Gasteiger partial charge in [0.2, 0.25) is 10.0 Å². The number of rotatable bonds is 6. The number of aryl methyl sites for hydroxylation is 1. The third kappa shape index (κ3) is 5.48. The Morgan fingerprint density at radius 3 is 2.48 bits per heavy atom. The molecule has 8 heteroatoms. The number of hydrogen-bond donors (Lipinski definition) is 1. The first kappa shape index (κ1) is 21.1. The number of methoxy groups -OCH3 is 1. The summed E-state index contributed by atoms with van der Waals surface area (Å²) in [5.74, 6) is 0.988. The second kappa shape index (κ2) is 9.28. The average Bonchev–Trinajstić information content (AvgIpc) is 2.73. The van der Waals surface area contributed by atoms with Crippen molar-refractivity contribution in [3.63, 3.8) is 0 Å². The Morgan fingerprint density at radius 1 is 1.14 bits per heavy atom. The first-order valence-electron chi connectivity index (χ1n) is 9.55. The number of carbonyl (C=O) groups excluding carboxylic acids is 1. The van der Waals surface area contributed by atoms with E-state index < -0.39 is 10.0 Å². The number of benzene rings is 2. The smallest absolute Gasteiger partial charge is 0.415 e. The van der Waals surface area contributed by atoms with Crippen LogP contribution in [0.15, 0.2) is 53.4 Å². The van der Waals surface area contributed by atoms with Crippen LogP contribution in [0.3, 0.4) is 0 Å². The molecule has 0 unspecified atom stereocenters. The van der Waals surface area contributed by atoms with Crippen molar-refractivity contribution in [1.82, 2.24) is 9.62 Å². The van der Waals surface area contributed by atoms with E-state index >= 15 is 0 Å². The molecule has 1 heterocycles. The van der Waals surface area contributed by atoms with Crippen LogP contribution in [0.2, 0.25) is 0 Å². The van der Waals surface area contributed by atoms with Gasteiger partial charge in [-0.15, -0.1) is 0 Å². The van der Waals surface area contributed by atoms with Crippen molar-refractivity contribution >= 4 is 16.1 Å². The Hall–Kier alpha value is -2.58. The van der Waals surface area contributed by atoms with Gasteiger partial charge in [-0.05, 0) is 55.5 Å². The Balaban J connectivity index is 1.52. The minimum absolute atomic E-state index is 0.142. The van der Waals surface area contributed by atoms with Gasteiger partial charge in [0.15, 0.2) is 0 Å². The van der Waals surface area contributed by atoms with Gasteiger partial charge in [-0.3, -0.25) is 0 Å². The van der Waals surface area contributed by atoms with Gasteiger partial charge in [-0.25, -0.2) is 17.9 Å². The van der Waals surface area contributed by atoms with Gasteiger partial charge >= 0.3 is 6.09 Å². The van der Waals surface area contributed by atoms with Crippen LogP contribution in [0.1, 0.15) is 18.4 Å². The van der Waals surface area contributed by atoms with Gasteiger partial charge in [0, 0.05) is 19.6 Å². The van der Waals surface area contributed by atoms with E-state index in [0.29, 0.717) is 44.0 Å². The molecule has 2 aromatic carbocycles. The fourth-order valence-electron chi connectivity index (χ4n) is 3.27. The van der Waals surface area contributed by atoms with Crippen molar-refractivity contribution in [2.75, 3.05) is 26.7 Å². The van der Waals surface area contributed by atoms with E-state index in [1.807, 2.05) is 31.2 Å². The van der Waals surface area contributed by atoms with E-state index in [0.717, 1.165) is 5.56 Å². The first-order chi connectivity index (χ1) is 13.9. The van der Waals surface area contributed by atoms with E-state index in [4.69, 9.17) is 9.47 Å². The number of para-hydroxylation sites is 1. The number of likely N-dealkylation sites (tertiary alicyclic amines) is 1. The highest BCUT2D eigenvalue weighted by atomic mass is 32.2. The SMILES string of the molecule is COc1ccc(C)cc1S(=O)(=O)NCC1CCN(C(=O)Oc2ccccc2)CC1. The van der Waals surface area contributed by atoms with Crippen LogP contribution in [-0.2, 0) is 10.0 Å². The number of amides is 1. The monoisotopic (exact) mass is 418 g/mol. The van der Waals surface area contributed by atoms with Gasteiger partial charge in [0.05, 0.1) is 7.11 Å². The van der Waals surface area contributed by atoms with Crippen molar-refractivity contribution in [2.45, 2.75) is 24.7 Å². The van der Waals surface area contributed by atoms with Crippen molar-refractivity contribution in [2.24, 2.45) is 5.92 Å². The largest absolute Gasteiger partial charge is 0.495 e. The van der Waals surface area contributed by atoms with Crippen molar-refractivity contribution in [3.05, 3.63) is 54.1 Å². The van der Waals surface area contributed by atoms with Crippen LogP contribution in [0.4, 0.5) is 4.79 Å². The van der Waals surface area contributed by atoms with Gasteiger partial charge in [-0.1, -0.05) is 24.3 Å². The highest BCUT2D eigenvalue weighted by Gasteiger charge is 2.26. The summed E-state index contributed by atoms with van der Waals surface area (Å²) in [5.41, 5.74) is 0.844. The van der Waals surface area contributed by atoms with Crippen LogP contribution in [-0.4, -0.2) is 46.2 Å². The van der Waals surface area contributed by atoms with E-state index in [2.05, 4.69) is 4.72 Å². The zero-order chi connectivity index (χ0) is 20.9. The second-order valence-corrected chi connectivity index (χ2v) is 8.85. The minimum Gasteiger partial charge on any atom is -0.495 e. The van der Waals surface area contributed by atoms with Crippen LogP contribution >= 0.6 is 0 Å². The van der Waals surface area contributed by atoms with E-state index in [-0.39, 0.29) is 16.9 Å². The molecular weight excluding hydrogens is 392 g/mol. The summed E-state index contributed by atoms with van der Waals surface area (Å²) in [4.78, 5) is 14.1. The molecule has 0 saturated carbocycles. The lowest BCUT2D eigenvalue weighted by Crippen LogP contribution is -2.42. The normalized spacial score (nSPS) is 15.2. The Labute approximate surface area is 171 Å². The summed E-state index contributed by atoms with van der Waals surface area (Å²) in [7, 11) is -2.22. The molecule has 1 aliphatic rings. The predicted octanol–water partition coefficient (Wildman–Crippen LogP) is 3.19. The molecule has 2 aromatic rings. The minimum atomic E-state index is -3.68. The molecule has 156 valence electrons. The molecule has 0 spiro atoms. The first-order valence-corrected chi connectivity index (χ1v) is 11.0. The number of sulfonamides is 1. The molecule has 7 nitrogen and oxygen atoms in total. The Bertz CT molecular complexity index is 939. The number of hydrogen-bond acceptors (Lipinski definition) is 5.